The van der Waals surface area contributed by atoms with Crippen molar-refractivity contribution in [2.24, 2.45) is 0 Å². The lowest BCUT2D eigenvalue weighted by molar-refractivity contribution is 0.0742. The van der Waals surface area contributed by atoms with E-state index >= 15 is 0 Å². The van der Waals surface area contributed by atoms with Gasteiger partial charge in [0.25, 0.3) is 5.91 Å². The summed E-state index contributed by atoms with van der Waals surface area (Å²) in [5, 5.41) is 0. The average molecular weight is 407 g/mol. The van der Waals surface area contributed by atoms with Crippen LogP contribution in [-0.2, 0) is 14.8 Å². The molecule has 2 aromatic rings. The molecule has 8 heteroatoms. The van der Waals surface area contributed by atoms with Gasteiger partial charge in [-0.05, 0) is 48.9 Å². The summed E-state index contributed by atoms with van der Waals surface area (Å²) < 4.78 is 36.8. The second-order valence-electron chi connectivity index (χ2n) is 6.28. The summed E-state index contributed by atoms with van der Waals surface area (Å²) in [6.07, 6.45) is 0. The summed E-state index contributed by atoms with van der Waals surface area (Å²) in [6, 6.07) is 13.2. The third-order valence-corrected chi connectivity index (χ3v) is 5.99. The summed E-state index contributed by atoms with van der Waals surface area (Å²) in [6.45, 7) is 2.39. The SMILES string of the molecule is COCCNS(=O)(=O)c1ccc(C(=O)N(C)C(C)c2ccc(OC)cc2)cc1. The van der Waals surface area contributed by atoms with Gasteiger partial charge in [-0.3, -0.25) is 4.79 Å². The van der Waals surface area contributed by atoms with Crippen LogP contribution in [-0.4, -0.2) is 53.6 Å². The highest BCUT2D eigenvalue weighted by atomic mass is 32.2. The van der Waals surface area contributed by atoms with Gasteiger partial charge in [0.1, 0.15) is 5.75 Å². The molecule has 28 heavy (non-hydrogen) atoms. The number of methoxy groups -OCH3 is 2. The Hall–Kier alpha value is -2.42. The van der Waals surface area contributed by atoms with E-state index in [-0.39, 0.29) is 30.0 Å². The van der Waals surface area contributed by atoms with Crippen molar-refractivity contribution in [2.75, 3.05) is 34.4 Å². The summed E-state index contributed by atoms with van der Waals surface area (Å²) in [5.41, 5.74) is 1.39. The number of rotatable bonds is 9. The first-order chi connectivity index (χ1) is 13.3. The normalized spacial score (nSPS) is 12.4. The molecular weight excluding hydrogens is 380 g/mol. The first-order valence-corrected chi connectivity index (χ1v) is 10.3. The van der Waals surface area contributed by atoms with Crippen molar-refractivity contribution in [2.45, 2.75) is 17.9 Å². The van der Waals surface area contributed by atoms with E-state index in [0.29, 0.717) is 5.56 Å². The predicted octanol–water partition coefficient (Wildman–Crippen LogP) is 2.45. The van der Waals surface area contributed by atoms with E-state index in [1.54, 1.807) is 19.1 Å². The maximum Gasteiger partial charge on any atom is 0.254 e. The lowest BCUT2D eigenvalue weighted by Crippen LogP contribution is -2.30. The molecule has 0 aliphatic rings. The van der Waals surface area contributed by atoms with Crippen LogP contribution < -0.4 is 9.46 Å². The smallest absolute Gasteiger partial charge is 0.254 e. The van der Waals surface area contributed by atoms with Gasteiger partial charge in [-0.25, -0.2) is 13.1 Å². The number of carbonyl (C=O) groups is 1. The number of sulfonamides is 1. The maximum absolute atomic E-state index is 12.8. The first-order valence-electron chi connectivity index (χ1n) is 8.80. The average Bonchev–Trinajstić information content (AvgIpc) is 2.72. The third kappa shape index (κ3) is 5.31. The fourth-order valence-electron chi connectivity index (χ4n) is 2.62. The molecule has 0 heterocycles. The molecule has 0 radical (unpaired) electrons. The standard InChI is InChI=1S/C20H26N2O5S/c1-15(16-5-9-18(27-4)10-6-16)22(2)20(23)17-7-11-19(12-8-17)28(24,25)21-13-14-26-3/h5-12,15,21H,13-14H2,1-4H3. The molecule has 1 unspecified atom stereocenters. The van der Waals surface area contributed by atoms with E-state index in [0.717, 1.165) is 11.3 Å². The van der Waals surface area contributed by atoms with Crippen LogP contribution in [0.3, 0.4) is 0 Å². The Morgan fingerprint density at radius 2 is 1.68 bits per heavy atom. The molecule has 7 nitrogen and oxygen atoms in total. The summed E-state index contributed by atoms with van der Waals surface area (Å²) in [5.74, 6) is 0.556. The van der Waals surface area contributed by atoms with Crippen molar-refractivity contribution >= 4 is 15.9 Å². The van der Waals surface area contributed by atoms with Gasteiger partial charge in [0.15, 0.2) is 0 Å². The Bertz CT molecular complexity index is 880. The molecule has 0 aromatic heterocycles. The van der Waals surface area contributed by atoms with Gasteiger partial charge in [0.05, 0.1) is 24.7 Å². The number of nitrogens with zero attached hydrogens (tertiary/aromatic N) is 1. The molecule has 2 aromatic carbocycles. The van der Waals surface area contributed by atoms with Crippen molar-refractivity contribution in [3.63, 3.8) is 0 Å². The molecule has 0 bridgehead atoms. The number of nitrogens with one attached hydrogen (secondary N) is 1. The molecule has 2 rings (SSSR count). The molecule has 1 amide bonds. The van der Waals surface area contributed by atoms with E-state index in [4.69, 9.17) is 9.47 Å². The number of hydrogen-bond acceptors (Lipinski definition) is 5. The van der Waals surface area contributed by atoms with Gasteiger partial charge in [-0.1, -0.05) is 12.1 Å². The Balaban J connectivity index is 2.10. The van der Waals surface area contributed by atoms with Gasteiger partial charge in [-0.2, -0.15) is 0 Å². The largest absolute Gasteiger partial charge is 0.497 e. The van der Waals surface area contributed by atoms with Crippen molar-refractivity contribution in [1.29, 1.82) is 0 Å². The lowest BCUT2D eigenvalue weighted by atomic mass is 10.1. The summed E-state index contributed by atoms with van der Waals surface area (Å²) in [7, 11) is 1.19. The van der Waals surface area contributed by atoms with E-state index < -0.39 is 10.0 Å². The molecule has 0 fully saturated rings. The number of ether oxygens (including phenoxy) is 2. The highest BCUT2D eigenvalue weighted by molar-refractivity contribution is 7.89. The summed E-state index contributed by atoms with van der Waals surface area (Å²) >= 11 is 0. The monoisotopic (exact) mass is 406 g/mol. The van der Waals surface area contributed by atoms with E-state index in [2.05, 4.69) is 4.72 Å². The second kappa shape index (κ2) is 9.68. The van der Waals surface area contributed by atoms with Gasteiger partial charge >= 0.3 is 0 Å². The maximum atomic E-state index is 12.8. The predicted molar refractivity (Wildman–Crippen MR) is 107 cm³/mol. The van der Waals surface area contributed by atoms with Gasteiger partial charge in [0, 0.05) is 26.3 Å². The Labute approximate surface area is 166 Å². The fraction of sp³-hybridized carbons (Fsp3) is 0.350. The molecule has 1 N–H and O–H groups in total. The van der Waals surface area contributed by atoms with Crippen LogP contribution in [0.15, 0.2) is 53.4 Å². The Morgan fingerprint density at radius 1 is 1.07 bits per heavy atom. The van der Waals surface area contributed by atoms with Gasteiger partial charge < -0.3 is 14.4 Å². The molecule has 1 atom stereocenters. The van der Waals surface area contributed by atoms with Crippen LogP contribution in [0.5, 0.6) is 5.75 Å². The number of benzene rings is 2. The van der Waals surface area contributed by atoms with Crippen LogP contribution in [0.25, 0.3) is 0 Å². The van der Waals surface area contributed by atoms with E-state index in [9.17, 15) is 13.2 Å². The number of carbonyl (C=O) groups excluding carboxylic acids is 1. The molecule has 0 saturated heterocycles. The zero-order valence-corrected chi connectivity index (χ0v) is 17.3. The van der Waals surface area contributed by atoms with Crippen LogP contribution in [0, 0.1) is 0 Å². The highest BCUT2D eigenvalue weighted by Gasteiger charge is 2.20. The third-order valence-electron chi connectivity index (χ3n) is 4.51. The minimum absolute atomic E-state index is 0.103. The number of hydrogen-bond donors (Lipinski definition) is 1. The minimum atomic E-state index is -3.63. The minimum Gasteiger partial charge on any atom is -0.497 e. The fourth-order valence-corrected chi connectivity index (χ4v) is 3.64. The van der Waals surface area contributed by atoms with E-state index in [1.807, 2.05) is 31.2 Å². The lowest BCUT2D eigenvalue weighted by Gasteiger charge is -2.25. The van der Waals surface area contributed by atoms with Crippen LogP contribution in [0.1, 0.15) is 28.9 Å². The van der Waals surface area contributed by atoms with Crippen molar-refractivity contribution in [1.82, 2.24) is 9.62 Å². The van der Waals surface area contributed by atoms with Crippen LogP contribution in [0.4, 0.5) is 0 Å². The van der Waals surface area contributed by atoms with Crippen molar-refractivity contribution in [3.8, 4) is 5.75 Å². The molecule has 152 valence electrons. The van der Waals surface area contributed by atoms with E-state index in [1.165, 1.54) is 31.4 Å². The quantitative estimate of drug-likeness (QED) is 0.647. The molecular formula is C20H26N2O5S. The molecule has 0 aliphatic carbocycles. The first kappa shape index (κ1) is 21.9. The number of amides is 1. The zero-order chi connectivity index (χ0) is 20.7. The second-order valence-corrected chi connectivity index (χ2v) is 8.05. The topological polar surface area (TPSA) is 84.9 Å². The Morgan fingerprint density at radius 3 is 2.21 bits per heavy atom. The van der Waals surface area contributed by atoms with Crippen molar-refractivity contribution < 1.29 is 22.7 Å². The summed E-state index contributed by atoms with van der Waals surface area (Å²) in [4.78, 5) is 14.5. The zero-order valence-electron chi connectivity index (χ0n) is 16.5. The highest BCUT2D eigenvalue weighted by Crippen LogP contribution is 2.23. The van der Waals surface area contributed by atoms with Crippen LogP contribution in [0.2, 0.25) is 0 Å². The van der Waals surface area contributed by atoms with Crippen molar-refractivity contribution in [3.05, 3.63) is 59.7 Å². The molecule has 0 aliphatic heterocycles. The van der Waals surface area contributed by atoms with Crippen LogP contribution >= 0.6 is 0 Å². The van der Waals surface area contributed by atoms with Gasteiger partial charge in [-0.15, -0.1) is 0 Å². The Kier molecular flexibility index (Phi) is 7.56. The van der Waals surface area contributed by atoms with Gasteiger partial charge in [0.2, 0.25) is 10.0 Å². The molecule has 0 saturated carbocycles. The molecule has 0 spiro atoms.